The van der Waals surface area contributed by atoms with Crippen LogP contribution in [-0.2, 0) is 11.3 Å². The first-order chi connectivity index (χ1) is 14.0. The van der Waals surface area contributed by atoms with E-state index in [1.54, 1.807) is 0 Å². The van der Waals surface area contributed by atoms with Crippen molar-refractivity contribution in [2.75, 3.05) is 25.0 Å². The Kier molecular flexibility index (Phi) is 5.67. The summed E-state index contributed by atoms with van der Waals surface area (Å²) in [6.07, 6.45) is 2.23. The zero-order valence-electron chi connectivity index (χ0n) is 17.6. The van der Waals surface area contributed by atoms with Gasteiger partial charge >= 0.3 is 0 Å². The van der Waals surface area contributed by atoms with Gasteiger partial charge in [0.2, 0.25) is 5.91 Å². The lowest BCUT2D eigenvalue weighted by atomic mass is 9.96. The number of carbonyl (C=O) groups excluding carboxylic acids is 1. The zero-order valence-corrected chi connectivity index (χ0v) is 17.6. The molecule has 0 radical (unpaired) electrons. The molecule has 3 aromatic rings. The van der Waals surface area contributed by atoms with Gasteiger partial charge in [-0.25, -0.2) is 4.98 Å². The van der Waals surface area contributed by atoms with Crippen molar-refractivity contribution in [3.05, 3.63) is 59.4 Å². The average molecular weight is 391 g/mol. The molecule has 0 spiro atoms. The van der Waals surface area contributed by atoms with Crippen molar-refractivity contribution in [1.29, 1.82) is 0 Å². The molecule has 1 N–H and O–H groups in total. The molecule has 0 saturated carbocycles. The summed E-state index contributed by atoms with van der Waals surface area (Å²) in [4.78, 5) is 19.4. The van der Waals surface area contributed by atoms with E-state index in [1.807, 2.05) is 18.2 Å². The van der Waals surface area contributed by atoms with Gasteiger partial charge in [0.1, 0.15) is 5.82 Å². The second-order valence-corrected chi connectivity index (χ2v) is 8.33. The number of nitrogens with one attached hydrogen (secondary N) is 1. The average Bonchev–Trinajstić information content (AvgIpc) is 3.01. The first-order valence-electron chi connectivity index (χ1n) is 10.5. The maximum Gasteiger partial charge on any atom is 0.238 e. The van der Waals surface area contributed by atoms with Gasteiger partial charge in [-0.05, 0) is 88.0 Å². The molecule has 1 amide bonds. The minimum atomic E-state index is 0.0724. The Morgan fingerprint density at radius 2 is 1.83 bits per heavy atom. The van der Waals surface area contributed by atoms with Gasteiger partial charge in [-0.3, -0.25) is 9.69 Å². The van der Waals surface area contributed by atoms with Crippen molar-refractivity contribution in [1.82, 2.24) is 14.5 Å². The topological polar surface area (TPSA) is 50.2 Å². The lowest BCUT2D eigenvalue weighted by molar-refractivity contribution is -0.117. The second kappa shape index (κ2) is 8.37. The molecule has 1 aromatic heterocycles. The fraction of sp³-hybridized carbons (Fsp3) is 0.417. The maximum absolute atomic E-state index is 12.4. The summed E-state index contributed by atoms with van der Waals surface area (Å²) in [6, 6.07) is 14.4. The molecule has 29 heavy (non-hydrogen) atoms. The Morgan fingerprint density at radius 1 is 1.07 bits per heavy atom. The van der Waals surface area contributed by atoms with Gasteiger partial charge in [0.05, 0.1) is 17.6 Å². The number of fused-ring (bicyclic) bond motifs is 1. The van der Waals surface area contributed by atoms with E-state index in [0.29, 0.717) is 12.5 Å². The van der Waals surface area contributed by atoms with Crippen molar-refractivity contribution >= 4 is 22.6 Å². The van der Waals surface area contributed by atoms with Crippen LogP contribution in [0.15, 0.2) is 42.5 Å². The Hall–Kier alpha value is -2.66. The third-order valence-electron chi connectivity index (χ3n) is 6.15. The number of anilines is 1. The number of hydrogen-bond donors (Lipinski definition) is 1. The van der Waals surface area contributed by atoms with E-state index in [9.17, 15) is 4.79 Å². The number of imidazole rings is 1. The van der Waals surface area contributed by atoms with Crippen LogP contribution in [0.1, 0.15) is 29.8 Å². The van der Waals surface area contributed by atoms with Crippen LogP contribution in [0.25, 0.3) is 11.0 Å². The van der Waals surface area contributed by atoms with E-state index >= 15 is 0 Å². The first-order valence-corrected chi connectivity index (χ1v) is 10.5. The summed E-state index contributed by atoms with van der Waals surface area (Å²) < 4.78 is 2.35. The van der Waals surface area contributed by atoms with Gasteiger partial charge in [0, 0.05) is 12.2 Å². The molecule has 0 aliphatic carbocycles. The van der Waals surface area contributed by atoms with E-state index in [2.05, 4.69) is 64.8 Å². The Morgan fingerprint density at radius 3 is 2.59 bits per heavy atom. The molecule has 1 aliphatic rings. The van der Waals surface area contributed by atoms with Gasteiger partial charge < -0.3 is 9.88 Å². The van der Waals surface area contributed by atoms with Gasteiger partial charge in [-0.2, -0.15) is 0 Å². The Balaban J connectivity index is 1.29. The molecule has 0 unspecified atom stereocenters. The largest absolute Gasteiger partial charge is 0.328 e. The molecule has 0 bridgehead atoms. The van der Waals surface area contributed by atoms with Crippen LogP contribution in [0.2, 0.25) is 0 Å². The zero-order chi connectivity index (χ0) is 20.4. The molecule has 0 atom stereocenters. The van der Waals surface area contributed by atoms with Crippen LogP contribution in [-0.4, -0.2) is 40.0 Å². The quantitative estimate of drug-likeness (QED) is 0.706. The SMILES string of the molecule is Cc1ccc(NC(=O)CN2CCC(Cn3c(C)nc4ccccc43)CC2)cc1C. The van der Waals surface area contributed by atoms with Gasteiger partial charge in [0.15, 0.2) is 0 Å². The Bertz CT molecular complexity index is 1010. The van der Waals surface area contributed by atoms with Crippen LogP contribution in [0, 0.1) is 26.7 Å². The molecular formula is C24H30N4O. The number of carbonyl (C=O) groups is 1. The molecule has 2 aromatic carbocycles. The van der Waals surface area contributed by atoms with Gasteiger partial charge in [0.25, 0.3) is 0 Å². The predicted octanol–water partition coefficient (Wildman–Crippen LogP) is 4.31. The fourth-order valence-electron chi connectivity index (χ4n) is 4.23. The third kappa shape index (κ3) is 4.51. The molecule has 2 heterocycles. The number of para-hydroxylation sites is 2. The first kappa shape index (κ1) is 19.6. The minimum Gasteiger partial charge on any atom is -0.328 e. The summed E-state index contributed by atoms with van der Waals surface area (Å²) in [6.45, 7) is 9.65. The number of hydrogen-bond acceptors (Lipinski definition) is 3. The molecule has 5 heteroatoms. The lowest BCUT2D eigenvalue weighted by Gasteiger charge is -2.32. The molecule has 5 nitrogen and oxygen atoms in total. The van der Waals surface area contributed by atoms with Crippen LogP contribution >= 0.6 is 0 Å². The Labute approximate surface area is 172 Å². The number of piperidine rings is 1. The molecule has 4 rings (SSSR count). The monoisotopic (exact) mass is 390 g/mol. The van der Waals surface area contributed by atoms with Crippen LogP contribution < -0.4 is 5.32 Å². The highest BCUT2D eigenvalue weighted by Gasteiger charge is 2.22. The lowest BCUT2D eigenvalue weighted by Crippen LogP contribution is -2.40. The summed E-state index contributed by atoms with van der Waals surface area (Å²) in [5.41, 5.74) is 5.62. The van der Waals surface area contributed by atoms with E-state index in [4.69, 9.17) is 0 Å². The highest BCUT2D eigenvalue weighted by atomic mass is 16.2. The van der Waals surface area contributed by atoms with Crippen molar-refractivity contribution in [2.24, 2.45) is 5.92 Å². The summed E-state index contributed by atoms with van der Waals surface area (Å²) in [7, 11) is 0. The van der Waals surface area contributed by atoms with E-state index in [1.165, 1.54) is 16.6 Å². The van der Waals surface area contributed by atoms with E-state index in [-0.39, 0.29) is 5.91 Å². The van der Waals surface area contributed by atoms with Crippen molar-refractivity contribution < 1.29 is 4.79 Å². The predicted molar refractivity (Wildman–Crippen MR) is 118 cm³/mol. The van der Waals surface area contributed by atoms with Crippen molar-refractivity contribution in [2.45, 2.75) is 40.2 Å². The number of amides is 1. The number of benzene rings is 2. The normalized spacial score (nSPS) is 15.7. The number of likely N-dealkylation sites (tertiary alicyclic amines) is 1. The van der Waals surface area contributed by atoms with Crippen molar-refractivity contribution in [3.63, 3.8) is 0 Å². The maximum atomic E-state index is 12.4. The standard InChI is InChI=1S/C24H30N4O/c1-17-8-9-21(14-18(17)2)26-24(29)16-27-12-10-20(11-13-27)15-28-19(3)25-22-6-4-5-7-23(22)28/h4-9,14,20H,10-13,15-16H2,1-3H3,(H,26,29). The van der Waals surface area contributed by atoms with Gasteiger partial charge in [-0.15, -0.1) is 0 Å². The minimum absolute atomic E-state index is 0.0724. The number of nitrogens with zero attached hydrogens (tertiary/aromatic N) is 3. The van der Waals surface area contributed by atoms with Gasteiger partial charge in [-0.1, -0.05) is 18.2 Å². The number of aryl methyl sites for hydroxylation is 3. The molecule has 1 fully saturated rings. The highest BCUT2D eigenvalue weighted by molar-refractivity contribution is 5.92. The smallest absolute Gasteiger partial charge is 0.238 e. The molecule has 152 valence electrons. The highest BCUT2D eigenvalue weighted by Crippen LogP contribution is 2.23. The third-order valence-corrected chi connectivity index (χ3v) is 6.15. The summed E-state index contributed by atoms with van der Waals surface area (Å²) in [5, 5.41) is 3.04. The summed E-state index contributed by atoms with van der Waals surface area (Å²) in [5.74, 6) is 1.79. The molecule has 1 aliphatic heterocycles. The van der Waals surface area contributed by atoms with Crippen LogP contribution in [0.5, 0.6) is 0 Å². The molecular weight excluding hydrogens is 360 g/mol. The number of rotatable bonds is 5. The van der Waals surface area contributed by atoms with Crippen molar-refractivity contribution in [3.8, 4) is 0 Å². The second-order valence-electron chi connectivity index (χ2n) is 8.33. The fourth-order valence-corrected chi connectivity index (χ4v) is 4.23. The van der Waals surface area contributed by atoms with Crippen LogP contribution in [0.4, 0.5) is 5.69 Å². The van der Waals surface area contributed by atoms with E-state index < -0.39 is 0 Å². The van der Waals surface area contributed by atoms with Crippen LogP contribution in [0.3, 0.4) is 0 Å². The summed E-state index contributed by atoms with van der Waals surface area (Å²) >= 11 is 0. The van der Waals surface area contributed by atoms with E-state index in [0.717, 1.165) is 49.5 Å². The number of aromatic nitrogens is 2. The molecule has 1 saturated heterocycles.